The second-order valence-electron chi connectivity index (χ2n) is 5.25. The fraction of sp³-hybridized carbons (Fsp3) is 0.235. The quantitative estimate of drug-likeness (QED) is 0.395. The number of aryl methyl sites for hydroxylation is 2. The van der Waals surface area contributed by atoms with Gasteiger partial charge in [-0.25, -0.2) is 5.84 Å². The van der Waals surface area contributed by atoms with Crippen molar-refractivity contribution in [3.8, 4) is 0 Å². The van der Waals surface area contributed by atoms with Crippen molar-refractivity contribution in [1.82, 2.24) is 5.43 Å². The van der Waals surface area contributed by atoms with E-state index in [4.69, 9.17) is 5.84 Å². The molecule has 0 aromatic heterocycles. The largest absolute Gasteiger partial charge is 0.290 e. The molecular formula is C17H18N2OS. The van der Waals surface area contributed by atoms with E-state index in [0.29, 0.717) is 5.56 Å². The van der Waals surface area contributed by atoms with E-state index >= 15 is 0 Å². The lowest BCUT2D eigenvalue weighted by atomic mass is 10.1. The van der Waals surface area contributed by atoms with Gasteiger partial charge < -0.3 is 0 Å². The van der Waals surface area contributed by atoms with Gasteiger partial charge in [0.1, 0.15) is 0 Å². The Morgan fingerprint density at radius 2 is 2.00 bits per heavy atom. The van der Waals surface area contributed by atoms with Crippen molar-refractivity contribution in [3.05, 3.63) is 64.7 Å². The van der Waals surface area contributed by atoms with Crippen LogP contribution in [0.2, 0.25) is 0 Å². The van der Waals surface area contributed by atoms with Gasteiger partial charge in [-0.3, -0.25) is 10.2 Å². The number of hydrazine groups is 1. The Hall–Kier alpha value is -1.78. The van der Waals surface area contributed by atoms with Crippen LogP contribution in [-0.4, -0.2) is 5.91 Å². The zero-order valence-electron chi connectivity index (χ0n) is 11.8. The van der Waals surface area contributed by atoms with Crippen molar-refractivity contribution in [2.24, 2.45) is 5.84 Å². The normalized spacial score (nSPS) is 13.0. The Morgan fingerprint density at radius 3 is 2.86 bits per heavy atom. The zero-order chi connectivity index (χ0) is 14.7. The molecule has 3 rings (SSSR count). The first-order chi connectivity index (χ1) is 10.3. The smallest absolute Gasteiger partial charge is 0.265 e. The van der Waals surface area contributed by atoms with Crippen molar-refractivity contribution in [2.75, 3.05) is 0 Å². The number of nitrogens with two attached hydrogens (primary N) is 1. The lowest BCUT2D eigenvalue weighted by Gasteiger charge is -2.06. The van der Waals surface area contributed by atoms with Gasteiger partial charge in [0.25, 0.3) is 5.91 Å². The number of amides is 1. The molecule has 1 aliphatic rings. The molecule has 0 aliphatic heterocycles. The van der Waals surface area contributed by atoms with Crippen molar-refractivity contribution >= 4 is 17.7 Å². The van der Waals surface area contributed by atoms with Gasteiger partial charge in [-0.15, -0.1) is 11.8 Å². The van der Waals surface area contributed by atoms with Crippen LogP contribution in [0.4, 0.5) is 0 Å². The molecule has 2 aromatic rings. The lowest BCUT2D eigenvalue weighted by Crippen LogP contribution is -2.29. The van der Waals surface area contributed by atoms with E-state index in [1.165, 1.54) is 35.3 Å². The highest BCUT2D eigenvalue weighted by molar-refractivity contribution is 7.98. The zero-order valence-corrected chi connectivity index (χ0v) is 12.6. The van der Waals surface area contributed by atoms with E-state index in [2.05, 4.69) is 23.6 Å². The van der Waals surface area contributed by atoms with Gasteiger partial charge in [-0.2, -0.15) is 0 Å². The van der Waals surface area contributed by atoms with E-state index in [1.54, 1.807) is 17.8 Å². The summed E-state index contributed by atoms with van der Waals surface area (Å²) in [6.45, 7) is 0. The monoisotopic (exact) mass is 298 g/mol. The topological polar surface area (TPSA) is 55.1 Å². The molecule has 0 atom stereocenters. The SMILES string of the molecule is NNC(=O)c1cccc(CSc2ccc3c(c2)CCC3)c1. The van der Waals surface area contributed by atoms with E-state index < -0.39 is 0 Å². The Labute approximate surface area is 128 Å². The summed E-state index contributed by atoms with van der Waals surface area (Å²) >= 11 is 1.80. The molecular weight excluding hydrogens is 280 g/mol. The molecule has 0 saturated heterocycles. The Bertz CT molecular complexity index is 670. The average Bonchev–Trinajstić information content (AvgIpc) is 3.00. The van der Waals surface area contributed by atoms with Crippen molar-refractivity contribution in [3.63, 3.8) is 0 Å². The maximum Gasteiger partial charge on any atom is 0.265 e. The summed E-state index contributed by atoms with van der Waals surface area (Å²) in [5.41, 5.74) is 6.89. The first kappa shape index (κ1) is 14.2. The van der Waals surface area contributed by atoms with Crippen molar-refractivity contribution in [1.29, 1.82) is 0 Å². The average molecular weight is 298 g/mol. The highest BCUT2D eigenvalue weighted by Gasteiger charge is 2.11. The second-order valence-corrected chi connectivity index (χ2v) is 6.30. The standard InChI is InChI=1S/C17H18N2OS/c18-19-17(20)15-6-1-3-12(9-15)11-21-16-8-7-13-4-2-5-14(13)10-16/h1,3,6-10H,2,4-5,11,18H2,(H,19,20). The predicted molar refractivity (Wildman–Crippen MR) is 86.1 cm³/mol. The van der Waals surface area contributed by atoms with Gasteiger partial charge in [0.05, 0.1) is 0 Å². The predicted octanol–water partition coefficient (Wildman–Crippen LogP) is 3.07. The van der Waals surface area contributed by atoms with E-state index in [1.807, 2.05) is 18.2 Å². The third-order valence-corrected chi connectivity index (χ3v) is 4.86. The maximum absolute atomic E-state index is 11.5. The fourth-order valence-electron chi connectivity index (χ4n) is 2.69. The molecule has 108 valence electrons. The summed E-state index contributed by atoms with van der Waals surface area (Å²) in [6, 6.07) is 14.4. The molecule has 1 aliphatic carbocycles. The van der Waals surface area contributed by atoms with Crippen LogP contribution in [0.1, 0.15) is 33.5 Å². The number of rotatable bonds is 4. The first-order valence-corrected chi connectivity index (χ1v) is 8.09. The molecule has 4 heteroatoms. The summed E-state index contributed by atoms with van der Waals surface area (Å²) in [4.78, 5) is 12.8. The Kier molecular flexibility index (Phi) is 4.27. The highest BCUT2D eigenvalue weighted by atomic mass is 32.2. The lowest BCUT2D eigenvalue weighted by molar-refractivity contribution is 0.0953. The van der Waals surface area contributed by atoms with E-state index in [0.717, 1.165) is 11.3 Å². The van der Waals surface area contributed by atoms with Gasteiger partial charge >= 0.3 is 0 Å². The molecule has 0 fully saturated rings. The summed E-state index contributed by atoms with van der Waals surface area (Å²) in [5.74, 6) is 5.77. The number of nitrogens with one attached hydrogen (secondary N) is 1. The van der Waals surface area contributed by atoms with Crippen LogP contribution in [0, 0.1) is 0 Å². The molecule has 0 spiro atoms. The summed E-state index contributed by atoms with van der Waals surface area (Å²) in [6.07, 6.45) is 3.70. The molecule has 3 N–H and O–H groups in total. The van der Waals surface area contributed by atoms with Crippen LogP contribution < -0.4 is 11.3 Å². The molecule has 0 heterocycles. The van der Waals surface area contributed by atoms with Crippen molar-refractivity contribution in [2.45, 2.75) is 29.9 Å². The van der Waals surface area contributed by atoms with Gasteiger partial charge in [-0.05, 0) is 60.2 Å². The Balaban J connectivity index is 1.69. The Morgan fingerprint density at radius 1 is 1.14 bits per heavy atom. The van der Waals surface area contributed by atoms with Crippen LogP contribution in [0.25, 0.3) is 0 Å². The van der Waals surface area contributed by atoms with Crippen LogP contribution in [0.15, 0.2) is 47.4 Å². The van der Waals surface area contributed by atoms with Crippen molar-refractivity contribution < 1.29 is 4.79 Å². The highest BCUT2D eigenvalue weighted by Crippen LogP contribution is 2.29. The minimum absolute atomic E-state index is 0.251. The van der Waals surface area contributed by atoms with E-state index in [9.17, 15) is 4.79 Å². The van der Waals surface area contributed by atoms with Gasteiger partial charge in [0, 0.05) is 16.2 Å². The number of hydrogen-bond acceptors (Lipinski definition) is 3. The minimum atomic E-state index is -0.251. The molecule has 1 amide bonds. The number of carbonyl (C=O) groups is 1. The van der Waals surface area contributed by atoms with Gasteiger partial charge in [0.2, 0.25) is 0 Å². The fourth-order valence-corrected chi connectivity index (χ4v) is 3.59. The summed E-state index contributed by atoms with van der Waals surface area (Å²) in [5, 5.41) is 0. The number of carbonyl (C=O) groups excluding carboxylic acids is 1. The maximum atomic E-state index is 11.5. The van der Waals surface area contributed by atoms with Gasteiger partial charge in [0.15, 0.2) is 0 Å². The number of benzene rings is 2. The first-order valence-electron chi connectivity index (χ1n) is 7.11. The molecule has 0 radical (unpaired) electrons. The minimum Gasteiger partial charge on any atom is -0.290 e. The third kappa shape index (κ3) is 3.28. The number of hydrogen-bond donors (Lipinski definition) is 2. The van der Waals surface area contributed by atoms with E-state index in [-0.39, 0.29) is 5.91 Å². The summed E-state index contributed by atoms with van der Waals surface area (Å²) in [7, 11) is 0. The van der Waals surface area contributed by atoms with Crippen LogP contribution in [0.3, 0.4) is 0 Å². The molecule has 3 nitrogen and oxygen atoms in total. The molecule has 0 saturated carbocycles. The van der Waals surface area contributed by atoms with Crippen LogP contribution >= 0.6 is 11.8 Å². The second kappa shape index (κ2) is 6.33. The van der Waals surface area contributed by atoms with Crippen LogP contribution in [-0.2, 0) is 18.6 Å². The molecule has 0 unspecified atom stereocenters. The van der Waals surface area contributed by atoms with Gasteiger partial charge in [-0.1, -0.05) is 18.2 Å². The number of fused-ring (bicyclic) bond motifs is 1. The molecule has 0 bridgehead atoms. The van der Waals surface area contributed by atoms with Crippen LogP contribution in [0.5, 0.6) is 0 Å². The third-order valence-electron chi connectivity index (χ3n) is 3.80. The number of thioether (sulfide) groups is 1. The number of nitrogen functional groups attached to an aromatic ring is 1. The summed E-state index contributed by atoms with van der Waals surface area (Å²) < 4.78 is 0. The molecule has 21 heavy (non-hydrogen) atoms. The molecule has 2 aromatic carbocycles.